The van der Waals surface area contributed by atoms with Crippen molar-refractivity contribution in [2.24, 2.45) is 0 Å². The number of hydrogen-bond acceptors (Lipinski definition) is 9. The fourth-order valence-corrected chi connectivity index (χ4v) is 4.34. The molecule has 11 nitrogen and oxygen atoms in total. The molecule has 1 atom stereocenters. The van der Waals surface area contributed by atoms with Crippen molar-refractivity contribution >= 4 is 52.8 Å². The molecular weight excluding hydrogens is 531 g/mol. The molecule has 0 saturated heterocycles. The third-order valence-corrected chi connectivity index (χ3v) is 6.66. The highest BCUT2D eigenvalue weighted by Gasteiger charge is 2.26. The summed E-state index contributed by atoms with van der Waals surface area (Å²) in [6, 6.07) is 12.3. The quantitative estimate of drug-likeness (QED) is 0.363. The van der Waals surface area contributed by atoms with E-state index >= 15 is 0 Å². The number of nitrogens with zero attached hydrogens (tertiary/aromatic N) is 5. The molecule has 14 heteroatoms. The summed E-state index contributed by atoms with van der Waals surface area (Å²) in [4.78, 5) is 36.8. The zero-order valence-electron chi connectivity index (χ0n) is 18.4. The molecule has 3 aromatic rings. The summed E-state index contributed by atoms with van der Waals surface area (Å²) in [5.41, 5.74) is 1.34. The molecule has 2 aromatic carbocycles. The number of Topliss-reactive ketones (excluding diaryl/α,β-unsaturated/α-hetero) is 1. The van der Waals surface area contributed by atoms with Crippen molar-refractivity contribution in [3.05, 3.63) is 63.6 Å². The van der Waals surface area contributed by atoms with Crippen LogP contribution in [0.4, 0.5) is 4.79 Å². The summed E-state index contributed by atoms with van der Waals surface area (Å²) in [5, 5.41) is 32.4. The number of aromatic nitrogens is 4. The van der Waals surface area contributed by atoms with Crippen LogP contribution in [0.15, 0.2) is 52.5 Å². The number of carboxylic acid groups (broad SMARTS) is 1. The SMILES string of the molecule is N#Cc1ccc(CCOC(=O)NC(CC(=O)O)C(=O)Cn2nnnc2Sc2c(Cl)cccc2Cl)cc1. The highest BCUT2D eigenvalue weighted by Crippen LogP contribution is 2.37. The lowest BCUT2D eigenvalue weighted by Gasteiger charge is -2.16. The van der Waals surface area contributed by atoms with Gasteiger partial charge in [0, 0.05) is 6.42 Å². The highest BCUT2D eigenvalue weighted by atomic mass is 35.5. The van der Waals surface area contributed by atoms with Crippen LogP contribution in [0.2, 0.25) is 10.0 Å². The number of carbonyl (C=O) groups is 3. The topological polar surface area (TPSA) is 160 Å². The third-order valence-electron chi connectivity index (χ3n) is 4.68. The standard InChI is InChI=1S/C22H18Cl2N6O5S/c23-15-2-1-3-16(24)20(15)36-21-27-28-29-30(21)12-18(31)17(10-19(32)33)26-22(34)35-9-8-13-4-6-14(11-25)7-5-13/h1-7,17H,8-10,12H2,(H,26,34)(H,32,33). The molecule has 0 saturated carbocycles. The van der Waals surface area contributed by atoms with Gasteiger partial charge in [-0.15, -0.1) is 5.10 Å². The van der Waals surface area contributed by atoms with Crippen molar-refractivity contribution in [3.63, 3.8) is 0 Å². The van der Waals surface area contributed by atoms with E-state index in [1.54, 1.807) is 42.5 Å². The normalized spacial score (nSPS) is 11.4. The van der Waals surface area contributed by atoms with Crippen molar-refractivity contribution in [3.8, 4) is 6.07 Å². The van der Waals surface area contributed by atoms with Crippen molar-refractivity contribution in [2.75, 3.05) is 6.61 Å². The van der Waals surface area contributed by atoms with Crippen LogP contribution in [-0.2, 0) is 27.3 Å². The number of amides is 1. The Morgan fingerprint density at radius 2 is 1.86 bits per heavy atom. The van der Waals surface area contributed by atoms with E-state index in [1.165, 1.54) is 0 Å². The van der Waals surface area contributed by atoms with E-state index in [0.717, 1.165) is 22.0 Å². The van der Waals surface area contributed by atoms with Gasteiger partial charge in [0.05, 0.1) is 39.6 Å². The van der Waals surface area contributed by atoms with Gasteiger partial charge in [-0.05, 0) is 52.0 Å². The van der Waals surface area contributed by atoms with Crippen LogP contribution in [-0.4, -0.2) is 55.8 Å². The smallest absolute Gasteiger partial charge is 0.407 e. The molecule has 0 aliphatic heterocycles. The van der Waals surface area contributed by atoms with Gasteiger partial charge in [-0.1, -0.05) is 41.4 Å². The zero-order chi connectivity index (χ0) is 26.1. The van der Waals surface area contributed by atoms with Crippen LogP contribution in [0.25, 0.3) is 0 Å². The maximum atomic E-state index is 12.8. The summed E-state index contributed by atoms with van der Waals surface area (Å²) in [6.07, 6.45) is -1.24. The fourth-order valence-electron chi connectivity index (χ4n) is 2.91. The average molecular weight is 549 g/mol. The van der Waals surface area contributed by atoms with E-state index < -0.39 is 36.9 Å². The molecule has 0 aliphatic rings. The van der Waals surface area contributed by atoms with E-state index in [0.29, 0.717) is 26.9 Å². The Balaban J connectivity index is 1.60. The van der Waals surface area contributed by atoms with E-state index in [1.807, 2.05) is 6.07 Å². The Hall–Kier alpha value is -3.66. The summed E-state index contributed by atoms with van der Waals surface area (Å²) in [7, 11) is 0. The van der Waals surface area contributed by atoms with Crippen LogP contribution in [0, 0.1) is 11.3 Å². The van der Waals surface area contributed by atoms with Crippen molar-refractivity contribution in [1.82, 2.24) is 25.5 Å². The number of nitrogens with one attached hydrogen (secondary N) is 1. The number of hydrogen-bond donors (Lipinski definition) is 2. The van der Waals surface area contributed by atoms with Gasteiger partial charge < -0.3 is 15.2 Å². The number of rotatable bonds is 11. The largest absolute Gasteiger partial charge is 0.481 e. The van der Waals surface area contributed by atoms with Crippen LogP contribution in [0.3, 0.4) is 0 Å². The van der Waals surface area contributed by atoms with Crippen LogP contribution in [0.5, 0.6) is 0 Å². The lowest BCUT2D eigenvalue weighted by atomic mass is 10.1. The summed E-state index contributed by atoms with van der Waals surface area (Å²) < 4.78 is 6.24. The maximum Gasteiger partial charge on any atom is 0.407 e. The first-order chi connectivity index (χ1) is 17.3. The second kappa shape index (κ2) is 12.9. The van der Waals surface area contributed by atoms with Crippen LogP contribution < -0.4 is 5.32 Å². The molecule has 1 amide bonds. The van der Waals surface area contributed by atoms with Gasteiger partial charge in [0.25, 0.3) is 0 Å². The molecular formula is C22H18Cl2N6O5S. The molecule has 0 radical (unpaired) electrons. The van der Waals surface area contributed by atoms with E-state index in [2.05, 4.69) is 20.8 Å². The third kappa shape index (κ3) is 7.67. The van der Waals surface area contributed by atoms with Crippen LogP contribution >= 0.6 is 35.0 Å². The number of ketones is 1. The van der Waals surface area contributed by atoms with Crippen molar-refractivity contribution in [1.29, 1.82) is 5.26 Å². The molecule has 1 heterocycles. The lowest BCUT2D eigenvalue weighted by molar-refractivity contribution is -0.139. The summed E-state index contributed by atoms with van der Waals surface area (Å²) >= 11 is 13.4. The van der Waals surface area contributed by atoms with E-state index in [-0.39, 0.29) is 11.8 Å². The number of benzene rings is 2. The first-order valence-electron chi connectivity index (χ1n) is 10.3. The first kappa shape index (κ1) is 26.9. The molecule has 0 spiro atoms. The molecule has 3 rings (SSSR count). The Labute approximate surface area is 219 Å². The molecule has 36 heavy (non-hydrogen) atoms. The summed E-state index contributed by atoms with van der Waals surface area (Å²) in [6.45, 7) is -0.432. The van der Waals surface area contributed by atoms with Gasteiger partial charge in [-0.2, -0.15) is 5.26 Å². The molecule has 0 fully saturated rings. The van der Waals surface area contributed by atoms with Gasteiger partial charge >= 0.3 is 12.1 Å². The molecule has 186 valence electrons. The number of carboxylic acids is 1. The van der Waals surface area contributed by atoms with Crippen molar-refractivity contribution in [2.45, 2.75) is 35.5 Å². The minimum Gasteiger partial charge on any atom is -0.481 e. The fraction of sp³-hybridized carbons (Fsp3) is 0.227. The highest BCUT2D eigenvalue weighted by molar-refractivity contribution is 7.99. The van der Waals surface area contributed by atoms with Gasteiger partial charge in [-0.25, -0.2) is 9.48 Å². The Kier molecular flexibility index (Phi) is 9.63. The van der Waals surface area contributed by atoms with Gasteiger partial charge in [0.2, 0.25) is 5.16 Å². The Bertz CT molecular complexity index is 1270. The molecule has 2 N–H and O–H groups in total. The zero-order valence-corrected chi connectivity index (χ0v) is 20.8. The number of alkyl carbamates (subject to hydrolysis) is 1. The minimum atomic E-state index is -1.38. The van der Waals surface area contributed by atoms with E-state index in [4.69, 9.17) is 33.2 Å². The number of halogens is 2. The predicted molar refractivity (Wildman–Crippen MR) is 129 cm³/mol. The number of ether oxygens (including phenoxy) is 1. The number of nitriles is 1. The molecule has 0 aliphatic carbocycles. The first-order valence-corrected chi connectivity index (χ1v) is 11.9. The van der Waals surface area contributed by atoms with Gasteiger partial charge in [0.15, 0.2) is 5.78 Å². The van der Waals surface area contributed by atoms with Gasteiger partial charge in [0.1, 0.15) is 12.6 Å². The minimum absolute atomic E-state index is 0.0158. The molecule has 0 bridgehead atoms. The Morgan fingerprint density at radius 1 is 1.17 bits per heavy atom. The number of carbonyl (C=O) groups excluding carboxylic acids is 2. The number of tetrazole rings is 1. The van der Waals surface area contributed by atoms with Crippen molar-refractivity contribution < 1.29 is 24.2 Å². The van der Waals surface area contributed by atoms with Gasteiger partial charge in [-0.3, -0.25) is 9.59 Å². The number of aliphatic carboxylic acids is 1. The average Bonchev–Trinajstić information content (AvgIpc) is 3.27. The maximum absolute atomic E-state index is 12.8. The Morgan fingerprint density at radius 3 is 2.50 bits per heavy atom. The molecule has 1 unspecified atom stereocenters. The predicted octanol–water partition coefficient (Wildman–Crippen LogP) is 3.38. The summed E-state index contributed by atoms with van der Waals surface area (Å²) in [5.74, 6) is -1.94. The second-order valence-electron chi connectivity index (χ2n) is 7.23. The second-order valence-corrected chi connectivity index (χ2v) is 9.02. The monoisotopic (exact) mass is 548 g/mol. The van der Waals surface area contributed by atoms with E-state index in [9.17, 15) is 19.5 Å². The van der Waals surface area contributed by atoms with Crippen LogP contribution in [0.1, 0.15) is 17.5 Å². The molecule has 1 aromatic heterocycles. The lowest BCUT2D eigenvalue weighted by Crippen LogP contribution is -2.44.